The molecule has 0 radical (unpaired) electrons. The van der Waals surface area contributed by atoms with Gasteiger partial charge in [0.05, 0.1) is 17.7 Å². The monoisotopic (exact) mass is 334 g/mol. The lowest BCUT2D eigenvalue weighted by atomic mass is 10.1. The molecule has 7 heteroatoms. The molecule has 2 aromatic rings. The van der Waals surface area contributed by atoms with Crippen molar-refractivity contribution in [2.75, 3.05) is 11.4 Å². The molecule has 0 saturated heterocycles. The molecular weight excluding hydrogens is 316 g/mol. The average molecular weight is 334 g/mol. The Balaban J connectivity index is 1.93. The van der Waals surface area contributed by atoms with Crippen molar-refractivity contribution in [3.8, 4) is 0 Å². The fourth-order valence-electron chi connectivity index (χ4n) is 2.81. The summed E-state index contributed by atoms with van der Waals surface area (Å²) in [6.07, 6.45) is 2.24. The summed E-state index contributed by atoms with van der Waals surface area (Å²) in [5, 5.41) is 0. The molecule has 122 valence electrons. The lowest BCUT2D eigenvalue weighted by molar-refractivity contribution is -0.116. The van der Waals surface area contributed by atoms with Crippen LogP contribution in [0, 0.1) is 6.92 Å². The van der Waals surface area contributed by atoms with Gasteiger partial charge in [-0.25, -0.2) is 13.1 Å². The van der Waals surface area contributed by atoms with Gasteiger partial charge >= 0.3 is 0 Å². The highest BCUT2D eigenvalue weighted by Crippen LogP contribution is 2.32. The van der Waals surface area contributed by atoms with Crippen LogP contribution in [0.25, 0.3) is 0 Å². The molecule has 1 amide bonds. The quantitative estimate of drug-likeness (QED) is 0.927. The zero-order chi connectivity index (χ0) is 16.6. The Morgan fingerprint density at radius 3 is 2.83 bits per heavy atom. The predicted octanol–water partition coefficient (Wildman–Crippen LogP) is 1.98. The molecule has 6 nitrogen and oxygen atoms in total. The molecule has 1 aromatic heterocycles. The lowest BCUT2D eigenvalue weighted by Gasteiger charge is -2.17. The number of sulfonamides is 1. The summed E-state index contributed by atoms with van der Waals surface area (Å²) in [6, 6.07) is 6.84. The molecule has 0 atom stereocenters. The minimum atomic E-state index is -3.69. The average Bonchev–Trinajstić information content (AvgIpc) is 3.13. The van der Waals surface area contributed by atoms with Gasteiger partial charge in [0.1, 0.15) is 5.76 Å². The normalized spacial score (nSPS) is 14.1. The third-order valence-corrected chi connectivity index (χ3v) is 5.50. The molecule has 0 unspecified atom stereocenters. The van der Waals surface area contributed by atoms with Gasteiger partial charge in [-0.2, -0.15) is 0 Å². The van der Waals surface area contributed by atoms with Crippen molar-refractivity contribution in [1.29, 1.82) is 0 Å². The molecule has 3 rings (SSSR count). The molecule has 1 N–H and O–H groups in total. The van der Waals surface area contributed by atoms with Crippen LogP contribution in [0.2, 0.25) is 0 Å². The van der Waals surface area contributed by atoms with E-state index in [0.29, 0.717) is 23.6 Å². The summed E-state index contributed by atoms with van der Waals surface area (Å²) in [5.41, 5.74) is 2.35. The first-order chi connectivity index (χ1) is 10.9. The number of carbonyl (C=O) groups excluding carboxylic acids is 1. The van der Waals surface area contributed by atoms with Crippen LogP contribution in [0.5, 0.6) is 0 Å². The van der Waals surface area contributed by atoms with E-state index in [0.717, 1.165) is 12.0 Å². The van der Waals surface area contributed by atoms with Gasteiger partial charge < -0.3 is 9.32 Å². The van der Waals surface area contributed by atoms with Crippen LogP contribution < -0.4 is 9.62 Å². The molecule has 0 bridgehead atoms. The topological polar surface area (TPSA) is 79.6 Å². The van der Waals surface area contributed by atoms with Crippen molar-refractivity contribution in [1.82, 2.24) is 4.72 Å². The van der Waals surface area contributed by atoms with Crippen molar-refractivity contribution in [2.45, 2.75) is 31.7 Å². The molecule has 23 heavy (non-hydrogen) atoms. The smallest absolute Gasteiger partial charge is 0.241 e. The minimum absolute atomic E-state index is 0.0838. The van der Waals surface area contributed by atoms with Crippen LogP contribution in [0.4, 0.5) is 5.69 Å². The van der Waals surface area contributed by atoms with Gasteiger partial charge in [0, 0.05) is 19.2 Å². The van der Waals surface area contributed by atoms with Gasteiger partial charge in [-0.3, -0.25) is 4.79 Å². The Labute approximate surface area is 135 Å². The number of aryl methyl sites for hydroxylation is 1. The Hall–Kier alpha value is -2.12. The zero-order valence-electron chi connectivity index (χ0n) is 13.0. The van der Waals surface area contributed by atoms with Gasteiger partial charge in [-0.15, -0.1) is 0 Å². The summed E-state index contributed by atoms with van der Waals surface area (Å²) < 4.78 is 32.8. The number of amides is 1. The van der Waals surface area contributed by atoms with Gasteiger partial charge in [0.2, 0.25) is 15.9 Å². The van der Waals surface area contributed by atoms with Gasteiger partial charge in [-0.05, 0) is 42.7 Å². The molecular formula is C16H18N2O4S. The van der Waals surface area contributed by atoms with Crippen molar-refractivity contribution in [3.05, 3.63) is 47.4 Å². The molecule has 0 spiro atoms. The van der Waals surface area contributed by atoms with Crippen LogP contribution in [0.3, 0.4) is 0 Å². The van der Waals surface area contributed by atoms with E-state index in [2.05, 4.69) is 4.72 Å². The van der Waals surface area contributed by atoms with Crippen LogP contribution in [0.1, 0.15) is 23.8 Å². The van der Waals surface area contributed by atoms with E-state index in [1.165, 1.54) is 13.2 Å². The molecule has 0 saturated carbocycles. The molecule has 1 aliphatic heterocycles. The Kier molecular flexibility index (Phi) is 3.99. The fourth-order valence-corrected chi connectivity index (χ4v) is 4.05. The van der Waals surface area contributed by atoms with E-state index in [4.69, 9.17) is 4.42 Å². The highest BCUT2D eigenvalue weighted by molar-refractivity contribution is 7.89. The molecule has 1 aromatic carbocycles. The number of nitrogens with one attached hydrogen (secondary N) is 1. The van der Waals surface area contributed by atoms with E-state index in [1.807, 2.05) is 6.07 Å². The minimum Gasteiger partial charge on any atom is -0.468 e. The van der Waals surface area contributed by atoms with E-state index in [9.17, 15) is 13.2 Å². The first-order valence-corrected chi connectivity index (χ1v) is 8.80. The Bertz CT molecular complexity index is 841. The van der Waals surface area contributed by atoms with Gasteiger partial charge in [0.15, 0.2) is 0 Å². The summed E-state index contributed by atoms with van der Waals surface area (Å²) in [5.74, 6) is 0.456. The predicted molar refractivity (Wildman–Crippen MR) is 85.6 cm³/mol. The number of nitrogens with zero attached hydrogens (tertiary/aromatic N) is 1. The highest BCUT2D eigenvalue weighted by atomic mass is 32.2. The first-order valence-electron chi connectivity index (χ1n) is 7.32. The van der Waals surface area contributed by atoms with Crippen LogP contribution in [-0.2, 0) is 27.8 Å². The number of anilines is 1. The maximum absolute atomic E-state index is 12.6. The first kappa shape index (κ1) is 15.8. The second-order valence-corrected chi connectivity index (χ2v) is 7.31. The highest BCUT2D eigenvalue weighted by Gasteiger charge is 2.26. The summed E-state index contributed by atoms with van der Waals surface area (Å²) >= 11 is 0. The SMILES string of the molecule is CC(=O)N1CCc2cc(C)c(S(=O)(=O)NCc3ccco3)cc21. The summed E-state index contributed by atoms with van der Waals surface area (Å²) in [6.45, 7) is 3.92. The summed E-state index contributed by atoms with van der Waals surface area (Å²) in [7, 11) is -3.69. The van der Waals surface area contributed by atoms with Crippen LogP contribution in [-0.4, -0.2) is 20.9 Å². The molecule has 0 fully saturated rings. The number of furan rings is 1. The number of carbonyl (C=O) groups is 1. The Morgan fingerprint density at radius 2 is 2.17 bits per heavy atom. The van der Waals surface area contributed by atoms with Gasteiger partial charge in [0.25, 0.3) is 0 Å². The summed E-state index contributed by atoms with van der Waals surface area (Å²) in [4.78, 5) is 13.5. The van der Waals surface area contributed by atoms with Crippen molar-refractivity contribution in [3.63, 3.8) is 0 Å². The number of benzene rings is 1. The van der Waals surface area contributed by atoms with E-state index in [1.54, 1.807) is 30.0 Å². The van der Waals surface area contributed by atoms with E-state index < -0.39 is 10.0 Å². The second-order valence-electron chi connectivity index (χ2n) is 5.57. The Morgan fingerprint density at radius 1 is 1.39 bits per heavy atom. The number of hydrogen-bond donors (Lipinski definition) is 1. The maximum atomic E-state index is 12.6. The fraction of sp³-hybridized carbons (Fsp3) is 0.312. The standard InChI is InChI=1S/C16H18N2O4S/c1-11-8-13-5-6-18(12(2)19)15(13)9-16(11)23(20,21)17-10-14-4-3-7-22-14/h3-4,7-9,17H,5-6,10H2,1-2H3. The molecule has 1 aliphatic rings. The largest absolute Gasteiger partial charge is 0.468 e. The van der Waals surface area contributed by atoms with E-state index in [-0.39, 0.29) is 17.3 Å². The maximum Gasteiger partial charge on any atom is 0.241 e. The van der Waals surface area contributed by atoms with Crippen molar-refractivity contribution < 1.29 is 17.6 Å². The van der Waals surface area contributed by atoms with Gasteiger partial charge in [-0.1, -0.05) is 6.07 Å². The van der Waals surface area contributed by atoms with Crippen LogP contribution in [0.15, 0.2) is 39.8 Å². The number of fused-ring (bicyclic) bond motifs is 1. The third-order valence-electron chi connectivity index (χ3n) is 3.96. The third kappa shape index (κ3) is 3.02. The number of rotatable bonds is 4. The van der Waals surface area contributed by atoms with Crippen molar-refractivity contribution in [2.24, 2.45) is 0 Å². The lowest BCUT2D eigenvalue weighted by Crippen LogP contribution is -2.27. The molecule has 2 heterocycles. The number of hydrogen-bond acceptors (Lipinski definition) is 4. The zero-order valence-corrected chi connectivity index (χ0v) is 13.8. The van der Waals surface area contributed by atoms with Crippen molar-refractivity contribution >= 4 is 21.6 Å². The second kappa shape index (κ2) is 5.82. The van der Waals surface area contributed by atoms with Crippen LogP contribution >= 0.6 is 0 Å². The van der Waals surface area contributed by atoms with E-state index >= 15 is 0 Å². The molecule has 0 aliphatic carbocycles.